The number of methoxy groups -OCH3 is 2. The van der Waals surface area contributed by atoms with E-state index in [1.807, 2.05) is 6.07 Å². The molecular formula is C21H20ClN5O5S. The van der Waals surface area contributed by atoms with E-state index in [9.17, 15) is 8.42 Å². The topological polar surface area (TPSA) is 117 Å². The van der Waals surface area contributed by atoms with E-state index in [1.165, 1.54) is 16.6 Å². The molecule has 0 unspecified atom stereocenters. The highest BCUT2D eigenvalue weighted by Crippen LogP contribution is 2.31. The van der Waals surface area contributed by atoms with Crippen LogP contribution in [0, 0.1) is 0 Å². The van der Waals surface area contributed by atoms with Crippen LogP contribution in [0.3, 0.4) is 0 Å². The van der Waals surface area contributed by atoms with Crippen molar-refractivity contribution >= 4 is 27.3 Å². The number of rotatable bonds is 9. The van der Waals surface area contributed by atoms with Gasteiger partial charge >= 0.3 is 0 Å². The van der Waals surface area contributed by atoms with Crippen molar-refractivity contribution in [3.8, 4) is 28.8 Å². The molecule has 0 saturated carbocycles. The molecule has 0 aliphatic rings. The zero-order valence-electron chi connectivity index (χ0n) is 17.7. The highest BCUT2D eigenvalue weighted by atomic mass is 35.5. The Morgan fingerprint density at radius 3 is 2.55 bits per heavy atom. The Hall–Kier alpha value is -3.41. The van der Waals surface area contributed by atoms with Crippen LogP contribution >= 0.6 is 11.6 Å². The van der Waals surface area contributed by atoms with Crippen molar-refractivity contribution in [2.75, 3.05) is 27.4 Å². The second kappa shape index (κ2) is 9.61. The zero-order valence-corrected chi connectivity index (χ0v) is 19.3. The first-order valence-electron chi connectivity index (χ1n) is 9.75. The lowest BCUT2D eigenvalue weighted by Crippen LogP contribution is -2.28. The van der Waals surface area contributed by atoms with Gasteiger partial charge in [0, 0.05) is 18.2 Å². The normalized spacial score (nSPS) is 11.5. The minimum Gasteiger partial charge on any atom is -0.493 e. The van der Waals surface area contributed by atoms with Crippen molar-refractivity contribution in [2.45, 2.75) is 4.90 Å². The van der Waals surface area contributed by atoms with Crippen molar-refractivity contribution in [1.29, 1.82) is 0 Å². The number of halogens is 1. The summed E-state index contributed by atoms with van der Waals surface area (Å²) < 4.78 is 45.0. The highest BCUT2D eigenvalue weighted by molar-refractivity contribution is 7.89. The Balaban J connectivity index is 1.47. The molecular weight excluding hydrogens is 470 g/mol. The Morgan fingerprint density at radius 2 is 1.79 bits per heavy atom. The van der Waals surface area contributed by atoms with Crippen LogP contribution in [0.2, 0.25) is 5.02 Å². The number of aromatic nitrogens is 4. The van der Waals surface area contributed by atoms with Crippen molar-refractivity contribution in [1.82, 2.24) is 24.5 Å². The first kappa shape index (κ1) is 22.8. The molecule has 0 fully saturated rings. The van der Waals surface area contributed by atoms with E-state index in [-0.39, 0.29) is 28.9 Å². The number of ether oxygens (including phenoxy) is 3. The maximum Gasteiger partial charge on any atom is 0.242 e. The predicted octanol–water partition coefficient (Wildman–Crippen LogP) is 2.82. The first-order chi connectivity index (χ1) is 15.9. The fourth-order valence-electron chi connectivity index (χ4n) is 3.08. The van der Waals surface area contributed by atoms with E-state index in [1.54, 1.807) is 50.6 Å². The molecule has 0 saturated heterocycles. The summed E-state index contributed by atoms with van der Waals surface area (Å²) in [5.41, 5.74) is 1.24. The minimum absolute atomic E-state index is 0.00950. The van der Waals surface area contributed by atoms with E-state index in [2.05, 4.69) is 20.0 Å². The molecule has 172 valence electrons. The van der Waals surface area contributed by atoms with Gasteiger partial charge in [0.1, 0.15) is 11.5 Å². The summed E-state index contributed by atoms with van der Waals surface area (Å²) in [6.45, 7) is 0.0774. The molecule has 10 nitrogen and oxygen atoms in total. The van der Waals surface area contributed by atoms with Gasteiger partial charge in [-0.15, -0.1) is 15.3 Å². The predicted molar refractivity (Wildman–Crippen MR) is 121 cm³/mol. The summed E-state index contributed by atoms with van der Waals surface area (Å²) in [4.78, 5) is 0.00950. The summed E-state index contributed by atoms with van der Waals surface area (Å²) in [6.07, 6.45) is 0. The number of hydrogen-bond donors (Lipinski definition) is 1. The van der Waals surface area contributed by atoms with Gasteiger partial charge in [-0.05, 0) is 36.4 Å². The molecule has 0 radical (unpaired) electrons. The summed E-state index contributed by atoms with van der Waals surface area (Å²) in [5, 5.41) is 12.9. The van der Waals surface area contributed by atoms with Crippen LogP contribution in [-0.2, 0) is 10.0 Å². The lowest BCUT2D eigenvalue weighted by Gasteiger charge is -2.10. The van der Waals surface area contributed by atoms with E-state index in [4.69, 9.17) is 25.8 Å². The third-order valence-corrected chi connectivity index (χ3v) is 6.61. The molecule has 0 atom stereocenters. The van der Waals surface area contributed by atoms with Gasteiger partial charge in [-0.25, -0.2) is 13.1 Å². The van der Waals surface area contributed by atoms with Crippen LogP contribution in [0.15, 0.2) is 59.5 Å². The largest absolute Gasteiger partial charge is 0.493 e. The lowest BCUT2D eigenvalue weighted by molar-refractivity contribution is 0.306. The molecule has 0 bridgehead atoms. The lowest BCUT2D eigenvalue weighted by atomic mass is 10.2. The first-order valence-corrected chi connectivity index (χ1v) is 11.6. The van der Waals surface area contributed by atoms with Gasteiger partial charge in [0.25, 0.3) is 0 Å². The van der Waals surface area contributed by atoms with E-state index in [0.717, 1.165) is 5.56 Å². The van der Waals surface area contributed by atoms with Crippen molar-refractivity contribution in [3.63, 3.8) is 0 Å². The molecule has 33 heavy (non-hydrogen) atoms. The number of sulfonamides is 1. The van der Waals surface area contributed by atoms with Crippen LogP contribution in [0.25, 0.3) is 17.0 Å². The third kappa shape index (κ3) is 4.85. The second-order valence-electron chi connectivity index (χ2n) is 6.71. The van der Waals surface area contributed by atoms with E-state index < -0.39 is 10.0 Å². The number of nitrogens with zero attached hydrogens (tertiary/aromatic N) is 4. The highest BCUT2D eigenvalue weighted by Gasteiger charge is 2.17. The van der Waals surface area contributed by atoms with Crippen LogP contribution in [0.4, 0.5) is 0 Å². The summed E-state index contributed by atoms with van der Waals surface area (Å²) in [7, 11) is -0.647. The van der Waals surface area contributed by atoms with Gasteiger partial charge in [0.2, 0.25) is 15.9 Å². The second-order valence-corrected chi connectivity index (χ2v) is 8.85. The Morgan fingerprint density at radius 1 is 1.00 bits per heavy atom. The molecule has 12 heteroatoms. The maximum absolute atomic E-state index is 12.4. The smallest absolute Gasteiger partial charge is 0.242 e. The Labute approximate surface area is 195 Å². The molecule has 0 amide bonds. The molecule has 2 heterocycles. The zero-order chi connectivity index (χ0) is 23.4. The number of hydrogen-bond acceptors (Lipinski definition) is 8. The van der Waals surface area contributed by atoms with Gasteiger partial charge in [-0.3, -0.25) is 0 Å². The van der Waals surface area contributed by atoms with Crippen LogP contribution in [0.1, 0.15) is 0 Å². The molecule has 4 aromatic rings. The molecule has 4 rings (SSSR count). The summed E-state index contributed by atoms with van der Waals surface area (Å²) >= 11 is 5.97. The van der Waals surface area contributed by atoms with Gasteiger partial charge in [0.05, 0.1) is 19.2 Å². The molecule has 2 aromatic carbocycles. The third-order valence-electron chi connectivity index (χ3n) is 4.65. The average Bonchev–Trinajstić information content (AvgIpc) is 3.25. The van der Waals surface area contributed by atoms with E-state index >= 15 is 0 Å². The van der Waals surface area contributed by atoms with Crippen LogP contribution in [-0.4, -0.2) is 55.6 Å². The summed E-state index contributed by atoms with van der Waals surface area (Å²) in [5.74, 6) is 1.90. The molecule has 0 aliphatic heterocycles. The average molecular weight is 490 g/mol. The van der Waals surface area contributed by atoms with Gasteiger partial charge in [0.15, 0.2) is 23.0 Å². The summed E-state index contributed by atoms with van der Waals surface area (Å²) in [6, 6.07) is 14.9. The number of nitrogens with one attached hydrogen (secondary N) is 1. The van der Waals surface area contributed by atoms with Crippen molar-refractivity contribution in [2.24, 2.45) is 0 Å². The maximum atomic E-state index is 12.4. The van der Waals surface area contributed by atoms with Gasteiger partial charge < -0.3 is 14.2 Å². The fourth-order valence-corrected chi connectivity index (χ4v) is 4.61. The molecule has 2 aromatic heterocycles. The number of benzene rings is 2. The van der Waals surface area contributed by atoms with Crippen molar-refractivity contribution < 1.29 is 22.6 Å². The Bertz CT molecular complexity index is 1390. The quantitative estimate of drug-likeness (QED) is 0.357. The van der Waals surface area contributed by atoms with Crippen LogP contribution < -0.4 is 18.9 Å². The SMILES string of the molecule is COc1ccc(-c2nnc3ccc(OCCNS(=O)(=O)c4ccccc4Cl)nn23)cc1OC. The fraction of sp³-hybridized carbons (Fsp3) is 0.190. The Kier molecular flexibility index (Phi) is 6.63. The van der Waals surface area contributed by atoms with Gasteiger partial charge in [-0.1, -0.05) is 23.7 Å². The number of fused-ring (bicyclic) bond motifs is 1. The molecule has 0 spiro atoms. The monoisotopic (exact) mass is 489 g/mol. The van der Waals surface area contributed by atoms with Crippen LogP contribution in [0.5, 0.6) is 17.4 Å². The molecule has 0 aliphatic carbocycles. The molecule has 1 N–H and O–H groups in total. The standard InChI is InChI=1S/C21H20ClN5O5S/c1-30-16-8-7-14(13-17(16)31-2)21-25-24-19-9-10-20(26-27(19)21)32-12-11-23-33(28,29)18-6-4-3-5-15(18)22/h3-10,13,23H,11-12H2,1-2H3. The van der Waals surface area contributed by atoms with E-state index in [0.29, 0.717) is 23.0 Å². The van der Waals surface area contributed by atoms with Gasteiger partial charge in [-0.2, -0.15) is 4.52 Å². The minimum atomic E-state index is -3.76. The van der Waals surface area contributed by atoms with Crippen molar-refractivity contribution in [3.05, 3.63) is 59.6 Å².